The first-order valence-corrected chi connectivity index (χ1v) is 13.9. The Morgan fingerprint density at radius 2 is 1.73 bits per heavy atom. The second-order valence-electron chi connectivity index (χ2n) is 9.69. The maximum atomic E-state index is 11.5. The summed E-state index contributed by atoms with van der Waals surface area (Å²) >= 11 is 0. The number of aryl methyl sites for hydroxylation is 3. The normalized spacial score (nSPS) is 11.5. The minimum atomic E-state index is -0.970. The number of carboxylic acids is 1. The van der Waals surface area contributed by atoms with Crippen LogP contribution >= 0.6 is 0 Å². The Hall–Kier alpha value is -4.45. The van der Waals surface area contributed by atoms with Crippen LogP contribution in [-0.4, -0.2) is 30.2 Å². The Morgan fingerprint density at radius 3 is 2.35 bits per heavy atom. The summed E-state index contributed by atoms with van der Waals surface area (Å²) in [5.74, 6) is 1.02. The molecule has 0 radical (unpaired) electrons. The molecule has 0 aliphatic rings. The van der Waals surface area contributed by atoms with Gasteiger partial charge in [-0.05, 0) is 66.8 Å². The van der Waals surface area contributed by atoms with Crippen molar-refractivity contribution in [3.05, 3.63) is 101 Å². The van der Waals surface area contributed by atoms with Crippen molar-refractivity contribution in [2.24, 2.45) is 7.05 Å². The van der Waals surface area contributed by atoms with Crippen molar-refractivity contribution >= 4 is 33.6 Å². The molecule has 206 valence electrons. The summed E-state index contributed by atoms with van der Waals surface area (Å²) in [6.07, 6.45) is 3.46. The fourth-order valence-electron chi connectivity index (χ4n) is 5.14. The van der Waals surface area contributed by atoms with E-state index in [4.69, 9.17) is 9.97 Å². The zero-order valence-corrected chi connectivity index (χ0v) is 24.3. The molecule has 0 saturated heterocycles. The number of allylic oxidation sites excluding steroid dienone is 1. The third-order valence-electron chi connectivity index (χ3n) is 7.13. The summed E-state index contributed by atoms with van der Waals surface area (Å²) < 4.78 is 4.45. The average molecular weight is 535 g/mol. The van der Waals surface area contributed by atoms with Crippen molar-refractivity contribution in [1.29, 1.82) is 0 Å². The lowest BCUT2D eigenvalue weighted by Crippen LogP contribution is -2.06. The smallest absolute Gasteiger partial charge is 0.335 e. The maximum absolute atomic E-state index is 11.5. The molecule has 1 N–H and O–H groups in total. The molecule has 0 spiro atoms. The van der Waals surface area contributed by atoms with E-state index in [0.717, 1.165) is 68.8 Å². The molecule has 0 atom stereocenters. The molecule has 0 fully saturated rings. The largest absolute Gasteiger partial charge is 0.478 e. The molecule has 6 nitrogen and oxygen atoms in total. The van der Waals surface area contributed by atoms with Crippen molar-refractivity contribution < 1.29 is 9.90 Å². The first-order chi connectivity index (χ1) is 19.3. The highest BCUT2D eigenvalue weighted by Crippen LogP contribution is 2.31. The lowest BCUT2D eigenvalue weighted by atomic mass is 9.98. The number of carbonyl (C=O) groups is 1. The number of hydrogen-bond acceptors (Lipinski definition) is 3. The van der Waals surface area contributed by atoms with Gasteiger partial charge in [0.1, 0.15) is 11.6 Å². The van der Waals surface area contributed by atoms with Crippen molar-refractivity contribution in [3.8, 4) is 11.4 Å². The molecule has 5 rings (SSSR count). The third kappa shape index (κ3) is 5.34. The van der Waals surface area contributed by atoms with E-state index in [-0.39, 0.29) is 5.57 Å². The van der Waals surface area contributed by atoms with Gasteiger partial charge in [-0.15, -0.1) is 0 Å². The number of aliphatic carboxylic acids is 1. The van der Waals surface area contributed by atoms with Crippen LogP contribution in [0.4, 0.5) is 0 Å². The van der Waals surface area contributed by atoms with E-state index in [2.05, 4.69) is 54.8 Å². The van der Waals surface area contributed by atoms with Gasteiger partial charge < -0.3 is 14.2 Å². The second kappa shape index (κ2) is 12.2. The van der Waals surface area contributed by atoms with Crippen molar-refractivity contribution in [3.63, 3.8) is 0 Å². The Morgan fingerprint density at radius 1 is 1.02 bits per heavy atom. The summed E-state index contributed by atoms with van der Waals surface area (Å²) in [5.41, 5.74) is 9.01. The fourth-order valence-corrected chi connectivity index (χ4v) is 5.14. The number of hydrogen-bond donors (Lipinski definition) is 1. The molecular formula is C34H38N4O2. The summed E-state index contributed by atoms with van der Waals surface area (Å²) in [4.78, 5) is 21.5. The molecule has 0 saturated carbocycles. The molecule has 0 amide bonds. The predicted octanol–water partition coefficient (Wildman–Crippen LogP) is 7.97. The van der Waals surface area contributed by atoms with E-state index >= 15 is 0 Å². The monoisotopic (exact) mass is 534 g/mol. The second-order valence-corrected chi connectivity index (χ2v) is 9.69. The highest BCUT2D eigenvalue weighted by atomic mass is 16.4. The Balaban J connectivity index is 0.00000181. The van der Waals surface area contributed by atoms with Crippen LogP contribution < -0.4 is 0 Å². The number of imidazole rings is 2. The van der Waals surface area contributed by atoms with E-state index in [9.17, 15) is 9.90 Å². The summed E-state index contributed by atoms with van der Waals surface area (Å²) in [5, 5.41) is 9.45. The molecule has 0 bridgehead atoms. The van der Waals surface area contributed by atoms with E-state index in [1.165, 1.54) is 0 Å². The minimum absolute atomic E-state index is 0.216. The number of aromatic nitrogens is 4. The number of fused-ring (bicyclic) bond motifs is 2. The molecule has 6 heteroatoms. The summed E-state index contributed by atoms with van der Waals surface area (Å²) in [6, 6.07) is 20.5. The first kappa shape index (κ1) is 28.6. The van der Waals surface area contributed by atoms with Crippen LogP contribution in [0.25, 0.3) is 39.0 Å². The summed E-state index contributed by atoms with van der Waals surface area (Å²) in [7, 11) is 2.06. The van der Waals surface area contributed by atoms with Gasteiger partial charge in [-0.25, -0.2) is 14.8 Å². The highest BCUT2D eigenvalue weighted by Gasteiger charge is 2.18. The van der Waals surface area contributed by atoms with E-state index in [0.29, 0.717) is 12.1 Å². The van der Waals surface area contributed by atoms with Gasteiger partial charge in [0.25, 0.3) is 0 Å². The Bertz CT molecular complexity index is 1720. The minimum Gasteiger partial charge on any atom is -0.478 e. The Kier molecular flexibility index (Phi) is 8.68. The number of para-hydroxylation sites is 2. The lowest BCUT2D eigenvalue weighted by Gasteiger charge is -2.12. The van der Waals surface area contributed by atoms with Gasteiger partial charge in [0.05, 0.1) is 27.6 Å². The molecular weight excluding hydrogens is 496 g/mol. The van der Waals surface area contributed by atoms with Crippen LogP contribution in [-0.2, 0) is 24.8 Å². The summed E-state index contributed by atoms with van der Waals surface area (Å²) in [6.45, 7) is 14.7. The van der Waals surface area contributed by atoms with Gasteiger partial charge in [0, 0.05) is 25.6 Å². The standard InChI is InChI=1S/C32H32N4O2.C2H6/c1-6-10-29-34-30-20(3)17-24(31-33-26-11-8-9-12-27(26)35(31)5)18-28(30)36(29)19-22-13-15-23(16-14-22)21(4)25(7-2)32(37)38;1-2/h7-9,11-18H,4,6,10,19H2,1-3,5H3,(H,37,38);1-2H3/b25-7+;. The molecule has 0 aliphatic heterocycles. The molecule has 40 heavy (non-hydrogen) atoms. The fraction of sp³-hybridized carbons (Fsp3) is 0.265. The lowest BCUT2D eigenvalue weighted by molar-refractivity contribution is -0.132. The highest BCUT2D eigenvalue weighted by molar-refractivity contribution is 6.04. The average Bonchev–Trinajstić information content (AvgIpc) is 3.48. The number of rotatable bonds is 8. The van der Waals surface area contributed by atoms with Gasteiger partial charge in [-0.1, -0.05) is 69.8 Å². The first-order valence-electron chi connectivity index (χ1n) is 13.9. The van der Waals surface area contributed by atoms with Gasteiger partial charge in [0.15, 0.2) is 0 Å². The van der Waals surface area contributed by atoms with E-state index < -0.39 is 5.97 Å². The molecule has 5 aromatic rings. The molecule has 2 heterocycles. The molecule has 3 aromatic carbocycles. The predicted molar refractivity (Wildman–Crippen MR) is 165 cm³/mol. The van der Waals surface area contributed by atoms with E-state index in [1.54, 1.807) is 13.0 Å². The van der Waals surface area contributed by atoms with Crippen LogP contribution in [0.3, 0.4) is 0 Å². The third-order valence-corrected chi connectivity index (χ3v) is 7.13. The van der Waals surface area contributed by atoms with Crippen molar-refractivity contribution in [2.75, 3.05) is 0 Å². The molecule has 2 aromatic heterocycles. The van der Waals surface area contributed by atoms with E-state index in [1.807, 2.05) is 56.3 Å². The quantitative estimate of drug-likeness (QED) is 0.162. The zero-order chi connectivity index (χ0) is 29.0. The van der Waals surface area contributed by atoms with Gasteiger partial charge in [-0.3, -0.25) is 0 Å². The number of benzene rings is 3. The number of nitrogens with zero attached hydrogens (tertiary/aromatic N) is 4. The topological polar surface area (TPSA) is 72.9 Å². The zero-order valence-electron chi connectivity index (χ0n) is 24.3. The Labute approximate surface area is 236 Å². The van der Waals surface area contributed by atoms with Gasteiger partial charge in [-0.2, -0.15) is 0 Å². The molecule has 0 unspecified atom stereocenters. The van der Waals surface area contributed by atoms with Crippen LogP contribution in [0.15, 0.2) is 78.9 Å². The SMILES string of the molecule is C=C(/C(=C\C)C(=O)O)c1ccc(Cn2c(CCC)nc3c(C)cc(-c4nc5ccccc5n4C)cc32)cc1.CC. The van der Waals surface area contributed by atoms with Crippen molar-refractivity contribution in [1.82, 2.24) is 19.1 Å². The van der Waals surface area contributed by atoms with Crippen molar-refractivity contribution in [2.45, 2.75) is 54.0 Å². The van der Waals surface area contributed by atoms with Crippen LogP contribution in [0, 0.1) is 6.92 Å². The van der Waals surface area contributed by atoms with Crippen LogP contribution in [0.1, 0.15) is 56.6 Å². The van der Waals surface area contributed by atoms with Crippen LogP contribution in [0.5, 0.6) is 0 Å². The van der Waals surface area contributed by atoms with Crippen LogP contribution in [0.2, 0.25) is 0 Å². The number of carboxylic acid groups (broad SMARTS) is 1. The van der Waals surface area contributed by atoms with Gasteiger partial charge in [0.2, 0.25) is 0 Å². The molecule has 0 aliphatic carbocycles. The maximum Gasteiger partial charge on any atom is 0.335 e. The van der Waals surface area contributed by atoms with Gasteiger partial charge >= 0.3 is 5.97 Å².